The van der Waals surface area contributed by atoms with Crippen LogP contribution in [0.3, 0.4) is 0 Å². The van der Waals surface area contributed by atoms with E-state index in [9.17, 15) is 14.7 Å². The number of epoxide rings is 1. The molecule has 5 heteroatoms. The summed E-state index contributed by atoms with van der Waals surface area (Å²) in [6.45, 7) is 9.59. The van der Waals surface area contributed by atoms with Gasteiger partial charge in [-0.25, -0.2) is 4.79 Å². The summed E-state index contributed by atoms with van der Waals surface area (Å²) in [5.74, 6) is -0.769. The van der Waals surface area contributed by atoms with Gasteiger partial charge in [0.15, 0.2) is 5.78 Å². The van der Waals surface area contributed by atoms with Crippen LogP contribution in [-0.4, -0.2) is 41.3 Å². The predicted octanol–water partition coefficient (Wildman–Crippen LogP) is 3.50. The number of aliphatic hydroxyl groups is 1. The lowest BCUT2D eigenvalue weighted by molar-refractivity contribution is -0.137. The number of hydrogen-bond donors (Lipinski definition) is 1. The van der Waals surface area contributed by atoms with E-state index in [0.29, 0.717) is 37.7 Å². The molecule has 1 unspecified atom stereocenters. The van der Waals surface area contributed by atoms with Crippen LogP contribution in [-0.2, 0) is 19.1 Å². The average Bonchev–Trinajstić information content (AvgIpc) is 3.23. The second kappa shape index (κ2) is 8.05. The Hall–Kier alpha value is -1.46. The van der Waals surface area contributed by atoms with Gasteiger partial charge in [0.1, 0.15) is 5.60 Å². The standard InChI is InChI=1S/C21H32O5/c1-14-7-6-11-21(4)18(26-21)13-16(15(2)19(23)25-5)10-12-20(3,24)17(22)9-8-14/h7,16,18,24H,2,6,8-13H2,1,3-5H3/b14-7+/t16?,18-,20-,21-/m0/s1. The lowest BCUT2D eigenvalue weighted by Gasteiger charge is -2.26. The summed E-state index contributed by atoms with van der Waals surface area (Å²) in [6, 6.07) is 0. The van der Waals surface area contributed by atoms with Gasteiger partial charge in [-0.05, 0) is 65.2 Å². The fourth-order valence-electron chi connectivity index (χ4n) is 3.68. The minimum absolute atomic E-state index is 0.0613. The van der Waals surface area contributed by atoms with E-state index in [2.05, 4.69) is 19.6 Å². The van der Waals surface area contributed by atoms with Gasteiger partial charge in [0.25, 0.3) is 0 Å². The molecule has 5 nitrogen and oxygen atoms in total. The topological polar surface area (TPSA) is 76.1 Å². The normalized spacial score (nSPS) is 38.3. The first-order valence-corrected chi connectivity index (χ1v) is 9.45. The molecule has 0 spiro atoms. The van der Waals surface area contributed by atoms with Crippen molar-refractivity contribution < 1.29 is 24.2 Å². The van der Waals surface area contributed by atoms with Gasteiger partial charge < -0.3 is 14.6 Å². The number of Topliss-reactive ketones (excluding diaryl/α,β-unsaturated/α-hetero) is 1. The zero-order valence-corrected chi connectivity index (χ0v) is 16.5. The molecule has 0 saturated carbocycles. The highest BCUT2D eigenvalue weighted by Gasteiger charge is 2.52. The van der Waals surface area contributed by atoms with Crippen molar-refractivity contribution in [2.75, 3.05) is 7.11 Å². The number of fused-ring (bicyclic) bond motifs is 1. The Morgan fingerprint density at radius 2 is 2.04 bits per heavy atom. The Bertz CT molecular complexity index is 604. The Labute approximate surface area is 156 Å². The van der Waals surface area contributed by atoms with Crippen molar-refractivity contribution in [1.82, 2.24) is 0 Å². The molecule has 1 aliphatic heterocycles. The molecule has 1 aliphatic carbocycles. The van der Waals surface area contributed by atoms with Crippen LogP contribution in [0.1, 0.15) is 65.7 Å². The molecule has 0 amide bonds. The maximum absolute atomic E-state index is 12.4. The largest absolute Gasteiger partial charge is 0.466 e. The third kappa shape index (κ3) is 5.04. The van der Waals surface area contributed by atoms with Crippen molar-refractivity contribution in [3.8, 4) is 0 Å². The van der Waals surface area contributed by atoms with Crippen LogP contribution >= 0.6 is 0 Å². The summed E-state index contributed by atoms with van der Waals surface area (Å²) in [5.41, 5.74) is -0.0129. The highest BCUT2D eigenvalue weighted by molar-refractivity contribution is 5.88. The smallest absolute Gasteiger partial charge is 0.333 e. The third-order valence-electron chi connectivity index (χ3n) is 5.93. The van der Waals surface area contributed by atoms with Crippen LogP contribution < -0.4 is 0 Å². The molecule has 1 saturated heterocycles. The SMILES string of the molecule is C=C(C(=O)OC)C1CC[C@](C)(O)C(=O)CC/C(C)=C/CC[C@]2(C)O[C@H]2C1. The molecule has 146 valence electrons. The van der Waals surface area contributed by atoms with Crippen LogP contribution in [0, 0.1) is 5.92 Å². The Morgan fingerprint density at radius 1 is 1.35 bits per heavy atom. The molecule has 1 N–H and O–H groups in total. The summed E-state index contributed by atoms with van der Waals surface area (Å²) in [4.78, 5) is 24.4. The quantitative estimate of drug-likeness (QED) is 0.351. The zero-order chi connectivity index (χ0) is 19.5. The van der Waals surface area contributed by atoms with Crippen molar-refractivity contribution >= 4 is 11.8 Å². The molecule has 1 heterocycles. The van der Waals surface area contributed by atoms with E-state index in [4.69, 9.17) is 9.47 Å². The van der Waals surface area contributed by atoms with Crippen LogP contribution in [0.25, 0.3) is 0 Å². The summed E-state index contributed by atoms with van der Waals surface area (Å²) >= 11 is 0. The van der Waals surface area contributed by atoms with Gasteiger partial charge in [0, 0.05) is 12.0 Å². The summed E-state index contributed by atoms with van der Waals surface area (Å²) in [6.07, 6.45) is 6.45. The van der Waals surface area contributed by atoms with E-state index in [1.54, 1.807) is 6.92 Å². The van der Waals surface area contributed by atoms with Crippen LogP contribution in [0.15, 0.2) is 23.8 Å². The molecule has 0 aromatic carbocycles. The molecule has 0 bridgehead atoms. The Kier molecular flexibility index (Phi) is 6.46. The minimum atomic E-state index is -1.40. The predicted molar refractivity (Wildman–Crippen MR) is 99.6 cm³/mol. The monoisotopic (exact) mass is 364 g/mol. The van der Waals surface area contributed by atoms with E-state index >= 15 is 0 Å². The average molecular weight is 364 g/mol. The van der Waals surface area contributed by atoms with Crippen molar-refractivity contribution in [1.29, 1.82) is 0 Å². The lowest BCUT2D eigenvalue weighted by atomic mass is 9.82. The molecule has 2 aliphatic rings. The van der Waals surface area contributed by atoms with E-state index in [-0.39, 0.29) is 23.4 Å². The number of carbonyl (C=O) groups is 2. The van der Waals surface area contributed by atoms with Gasteiger partial charge in [0.2, 0.25) is 0 Å². The van der Waals surface area contributed by atoms with Crippen molar-refractivity contribution in [2.24, 2.45) is 5.92 Å². The zero-order valence-electron chi connectivity index (χ0n) is 16.5. The van der Waals surface area contributed by atoms with E-state index in [0.717, 1.165) is 12.8 Å². The second-order valence-electron chi connectivity index (χ2n) is 8.19. The highest BCUT2D eigenvalue weighted by Crippen LogP contribution is 2.46. The first-order chi connectivity index (χ1) is 12.1. The van der Waals surface area contributed by atoms with E-state index < -0.39 is 11.6 Å². The molecule has 1 fully saturated rings. The molecule has 0 aromatic rings. The fourth-order valence-corrected chi connectivity index (χ4v) is 3.68. The molecular weight excluding hydrogens is 332 g/mol. The maximum atomic E-state index is 12.4. The maximum Gasteiger partial charge on any atom is 0.333 e. The van der Waals surface area contributed by atoms with Gasteiger partial charge in [-0.3, -0.25) is 4.79 Å². The number of carbonyl (C=O) groups excluding carboxylic acids is 2. The number of ketones is 1. The van der Waals surface area contributed by atoms with Gasteiger partial charge in [-0.2, -0.15) is 0 Å². The van der Waals surface area contributed by atoms with Crippen LogP contribution in [0.2, 0.25) is 0 Å². The van der Waals surface area contributed by atoms with Crippen LogP contribution in [0.5, 0.6) is 0 Å². The Morgan fingerprint density at radius 3 is 2.69 bits per heavy atom. The van der Waals surface area contributed by atoms with Gasteiger partial charge in [0.05, 0.1) is 18.8 Å². The number of ether oxygens (including phenoxy) is 2. The molecule has 26 heavy (non-hydrogen) atoms. The fraction of sp³-hybridized carbons (Fsp3) is 0.714. The van der Waals surface area contributed by atoms with Crippen molar-refractivity contribution in [2.45, 2.75) is 83.0 Å². The molecular formula is C21H32O5. The van der Waals surface area contributed by atoms with Gasteiger partial charge >= 0.3 is 5.97 Å². The number of allylic oxidation sites excluding steroid dienone is 2. The summed E-state index contributed by atoms with van der Waals surface area (Å²) in [7, 11) is 1.34. The van der Waals surface area contributed by atoms with Gasteiger partial charge in [-0.1, -0.05) is 18.2 Å². The first kappa shape index (κ1) is 20.8. The molecule has 0 radical (unpaired) electrons. The lowest BCUT2D eigenvalue weighted by Crippen LogP contribution is -2.36. The first-order valence-electron chi connectivity index (χ1n) is 9.45. The molecule has 2 rings (SSSR count). The second-order valence-corrected chi connectivity index (χ2v) is 8.19. The number of methoxy groups -OCH3 is 1. The summed E-state index contributed by atoms with van der Waals surface area (Å²) < 4.78 is 10.7. The van der Waals surface area contributed by atoms with E-state index in [1.807, 2.05) is 6.92 Å². The highest BCUT2D eigenvalue weighted by atomic mass is 16.6. The number of rotatable bonds is 2. The van der Waals surface area contributed by atoms with E-state index in [1.165, 1.54) is 12.7 Å². The Balaban J connectivity index is 2.19. The third-order valence-corrected chi connectivity index (χ3v) is 5.93. The van der Waals surface area contributed by atoms with Crippen LogP contribution in [0.4, 0.5) is 0 Å². The molecule has 4 atom stereocenters. The minimum Gasteiger partial charge on any atom is -0.466 e. The number of hydrogen-bond acceptors (Lipinski definition) is 5. The molecule has 0 aromatic heterocycles. The number of esters is 1. The van der Waals surface area contributed by atoms with Crippen molar-refractivity contribution in [3.05, 3.63) is 23.8 Å². The van der Waals surface area contributed by atoms with Crippen molar-refractivity contribution in [3.63, 3.8) is 0 Å². The van der Waals surface area contributed by atoms with Gasteiger partial charge in [-0.15, -0.1) is 0 Å². The summed E-state index contributed by atoms with van der Waals surface area (Å²) in [5, 5.41) is 10.6.